The van der Waals surface area contributed by atoms with E-state index in [0.717, 1.165) is 19.1 Å². The van der Waals surface area contributed by atoms with Crippen LogP contribution in [0, 0.1) is 17.3 Å². The second-order valence-electron chi connectivity index (χ2n) is 4.74. The van der Waals surface area contributed by atoms with Crippen LogP contribution in [0.15, 0.2) is 0 Å². The Morgan fingerprint density at radius 3 is 2.36 bits per heavy atom. The van der Waals surface area contributed by atoms with Gasteiger partial charge in [0.2, 0.25) is 0 Å². The average molecular weight is 196 g/mol. The maximum absolute atomic E-state index is 11.2. The Labute approximate surface area is 83.8 Å². The molecule has 0 aliphatic heterocycles. The molecule has 0 heterocycles. The molecule has 1 unspecified atom stereocenters. The fourth-order valence-corrected chi connectivity index (χ4v) is 2.95. The van der Waals surface area contributed by atoms with Crippen LogP contribution in [-0.2, 0) is 14.3 Å². The molecule has 0 N–H and O–H groups in total. The van der Waals surface area contributed by atoms with Gasteiger partial charge in [-0.05, 0) is 37.5 Å². The third-order valence-corrected chi connectivity index (χ3v) is 3.89. The van der Waals surface area contributed by atoms with Crippen molar-refractivity contribution in [2.24, 2.45) is 17.3 Å². The smallest absolute Gasteiger partial charge is 0.306 e. The molecule has 2 saturated carbocycles. The third-order valence-electron chi connectivity index (χ3n) is 3.89. The first-order chi connectivity index (χ1) is 6.69. The molecular weight excluding hydrogens is 180 g/mol. The molecule has 3 heteroatoms. The number of hydrogen-bond acceptors (Lipinski definition) is 3. The normalized spacial score (nSPS) is 39.8. The Balaban J connectivity index is 2.03. The second-order valence-corrected chi connectivity index (χ2v) is 4.74. The van der Waals surface area contributed by atoms with Crippen LogP contribution in [0.5, 0.6) is 0 Å². The number of rotatable bonds is 3. The van der Waals surface area contributed by atoms with Crippen LogP contribution in [0.2, 0.25) is 0 Å². The molecule has 2 aliphatic rings. The molecule has 3 nitrogen and oxygen atoms in total. The zero-order chi connectivity index (χ0) is 10.2. The lowest BCUT2D eigenvalue weighted by Gasteiger charge is -2.29. The van der Waals surface area contributed by atoms with Crippen LogP contribution in [-0.4, -0.2) is 19.4 Å². The summed E-state index contributed by atoms with van der Waals surface area (Å²) in [5.41, 5.74) is -0.390. The van der Waals surface area contributed by atoms with Crippen LogP contribution in [0.25, 0.3) is 0 Å². The quantitative estimate of drug-likeness (QED) is 0.508. The lowest BCUT2D eigenvalue weighted by molar-refractivity contribution is -0.145. The molecule has 0 aromatic heterocycles. The van der Waals surface area contributed by atoms with Gasteiger partial charge in [0.05, 0.1) is 13.5 Å². The predicted octanol–water partition coefficient (Wildman–Crippen LogP) is 1.55. The lowest BCUT2D eigenvalue weighted by atomic mass is 9.77. The van der Waals surface area contributed by atoms with Gasteiger partial charge in [-0.2, -0.15) is 0 Å². The van der Waals surface area contributed by atoms with E-state index in [4.69, 9.17) is 0 Å². The zero-order valence-corrected chi connectivity index (χ0v) is 8.49. The minimum Gasteiger partial charge on any atom is -0.469 e. The van der Waals surface area contributed by atoms with Crippen molar-refractivity contribution in [3.05, 3.63) is 0 Å². The summed E-state index contributed by atoms with van der Waals surface area (Å²) in [6.45, 7) is 0. The molecule has 0 spiro atoms. The Morgan fingerprint density at radius 1 is 1.43 bits per heavy atom. The van der Waals surface area contributed by atoms with E-state index in [1.54, 1.807) is 0 Å². The summed E-state index contributed by atoms with van der Waals surface area (Å²) >= 11 is 0. The van der Waals surface area contributed by atoms with E-state index in [1.807, 2.05) is 0 Å². The topological polar surface area (TPSA) is 43.4 Å². The molecule has 2 aliphatic carbocycles. The van der Waals surface area contributed by atoms with Gasteiger partial charge in [-0.1, -0.05) is 0 Å². The Bertz CT molecular complexity index is 247. The summed E-state index contributed by atoms with van der Waals surface area (Å²) in [7, 11) is 1.38. The maximum atomic E-state index is 11.2. The van der Waals surface area contributed by atoms with Gasteiger partial charge in [0.1, 0.15) is 6.29 Å². The fraction of sp³-hybridized carbons (Fsp3) is 0.818. The van der Waals surface area contributed by atoms with E-state index in [2.05, 4.69) is 4.74 Å². The fourth-order valence-electron chi connectivity index (χ4n) is 2.95. The van der Waals surface area contributed by atoms with E-state index >= 15 is 0 Å². The van der Waals surface area contributed by atoms with E-state index < -0.39 is 0 Å². The lowest BCUT2D eigenvalue weighted by Crippen LogP contribution is -2.23. The van der Waals surface area contributed by atoms with Crippen LogP contribution >= 0.6 is 0 Å². The molecule has 0 aromatic carbocycles. The van der Waals surface area contributed by atoms with Gasteiger partial charge in [-0.15, -0.1) is 0 Å². The van der Waals surface area contributed by atoms with Crippen molar-refractivity contribution in [1.82, 2.24) is 0 Å². The van der Waals surface area contributed by atoms with E-state index in [0.29, 0.717) is 11.8 Å². The number of carbonyl (C=O) groups excluding carboxylic acids is 2. The first kappa shape index (κ1) is 9.69. The number of methoxy groups -OCH3 is 1. The van der Waals surface area contributed by atoms with Gasteiger partial charge in [0.15, 0.2) is 0 Å². The number of carbonyl (C=O) groups is 2. The first-order valence-corrected chi connectivity index (χ1v) is 5.22. The number of hydrogen-bond donors (Lipinski definition) is 0. The predicted molar refractivity (Wildman–Crippen MR) is 50.6 cm³/mol. The molecule has 0 radical (unpaired) electrons. The first-order valence-electron chi connectivity index (χ1n) is 5.22. The SMILES string of the molecule is COC(=O)CC1(C=O)C[C@H]2CC[C@H]2C1. The molecule has 0 bridgehead atoms. The Hall–Kier alpha value is -0.860. The minimum absolute atomic E-state index is 0.251. The van der Waals surface area contributed by atoms with Crippen molar-refractivity contribution >= 4 is 12.3 Å². The highest BCUT2D eigenvalue weighted by molar-refractivity contribution is 5.76. The second kappa shape index (κ2) is 3.37. The van der Waals surface area contributed by atoms with Gasteiger partial charge in [0, 0.05) is 5.41 Å². The number of fused-ring (bicyclic) bond motifs is 1. The number of esters is 1. The average Bonchev–Trinajstić information content (AvgIpc) is 2.42. The van der Waals surface area contributed by atoms with Crippen LogP contribution in [0.1, 0.15) is 32.1 Å². The van der Waals surface area contributed by atoms with Crippen LogP contribution in [0.4, 0.5) is 0 Å². The van der Waals surface area contributed by atoms with E-state index in [9.17, 15) is 9.59 Å². The molecule has 14 heavy (non-hydrogen) atoms. The molecule has 2 rings (SSSR count). The summed E-state index contributed by atoms with van der Waals surface area (Å²) in [5.74, 6) is 1.15. The van der Waals surface area contributed by atoms with Crippen LogP contribution in [0.3, 0.4) is 0 Å². The molecule has 0 amide bonds. The van der Waals surface area contributed by atoms with E-state index in [-0.39, 0.29) is 17.8 Å². The van der Waals surface area contributed by atoms with Crippen molar-refractivity contribution in [1.29, 1.82) is 0 Å². The highest BCUT2D eigenvalue weighted by atomic mass is 16.5. The molecule has 78 valence electrons. The summed E-state index contributed by atoms with van der Waals surface area (Å²) in [6, 6.07) is 0. The monoisotopic (exact) mass is 196 g/mol. The standard InChI is InChI=1S/C11H16O3/c1-14-10(13)6-11(7-12)4-8-2-3-9(8)5-11/h7-9H,2-6H2,1H3/t8-,9+,11?. The van der Waals surface area contributed by atoms with E-state index in [1.165, 1.54) is 20.0 Å². The number of ether oxygens (including phenoxy) is 1. The van der Waals surface area contributed by atoms with Crippen LogP contribution < -0.4 is 0 Å². The largest absolute Gasteiger partial charge is 0.469 e. The summed E-state index contributed by atoms with van der Waals surface area (Å²) in [4.78, 5) is 22.3. The van der Waals surface area contributed by atoms with Crippen molar-refractivity contribution in [3.8, 4) is 0 Å². The van der Waals surface area contributed by atoms with Gasteiger partial charge in [-0.3, -0.25) is 4.79 Å². The molecule has 2 fully saturated rings. The van der Waals surface area contributed by atoms with Crippen molar-refractivity contribution in [2.45, 2.75) is 32.1 Å². The molecule has 0 aromatic rings. The Morgan fingerprint density at radius 2 is 2.00 bits per heavy atom. The number of aldehydes is 1. The van der Waals surface area contributed by atoms with Gasteiger partial charge in [0.25, 0.3) is 0 Å². The van der Waals surface area contributed by atoms with Gasteiger partial charge in [-0.25, -0.2) is 0 Å². The van der Waals surface area contributed by atoms with Gasteiger partial charge < -0.3 is 9.53 Å². The molecular formula is C11H16O3. The highest BCUT2D eigenvalue weighted by Gasteiger charge is 2.50. The van der Waals surface area contributed by atoms with Gasteiger partial charge >= 0.3 is 5.97 Å². The minimum atomic E-state index is -0.390. The molecule has 3 atom stereocenters. The maximum Gasteiger partial charge on any atom is 0.306 e. The van der Waals surface area contributed by atoms with Crippen molar-refractivity contribution in [3.63, 3.8) is 0 Å². The highest BCUT2D eigenvalue weighted by Crippen LogP contribution is 2.55. The Kier molecular flexibility index (Phi) is 2.33. The summed E-state index contributed by atoms with van der Waals surface area (Å²) in [5, 5.41) is 0. The summed E-state index contributed by atoms with van der Waals surface area (Å²) < 4.78 is 4.63. The van der Waals surface area contributed by atoms with Crippen molar-refractivity contribution in [2.75, 3.05) is 7.11 Å². The zero-order valence-electron chi connectivity index (χ0n) is 8.49. The van der Waals surface area contributed by atoms with Crippen molar-refractivity contribution < 1.29 is 14.3 Å². The molecule has 0 saturated heterocycles. The summed E-state index contributed by atoms with van der Waals surface area (Å²) in [6.07, 6.45) is 5.54. The third kappa shape index (κ3) is 1.45.